The van der Waals surface area contributed by atoms with Crippen molar-refractivity contribution < 1.29 is 0 Å². The molecule has 2 fully saturated rings. The number of hydrogen-bond acceptors (Lipinski definition) is 1. The van der Waals surface area contributed by atoms with Gasteiger partial charge in [-0.05, 0) is 43.4 Å². The minimum absolute atomic E-state index is 0.549. The maximum atomic E-state index is 6.08. The molecule has 12 heavy (non-hydrogen) atoms. The van der Waals surface area contributed by atoms with Gasteiger partial charge in [-0.15, -0.1) is 0 Å². The van der Waals surface area contributed by atoms with Crippen molar-refractivity contribution in [2.75, 3.05) is 0 Å². The lowest BCUT2D eigenvalue weighted by Gasteiger charge is -2.32. The molecule has 0 radical (unpaired) electrons. The van der Waals surface area contributed by atoms with Crippen LogP contribution in [0.15, 0.2) is 0 Å². The highest BCUT2D eigenvalue weighted by molar-refractivity contribution is 4.91. The average Bonchev–Trinajstić information content (AvgIpc) is 2.47. The average molecular weight is 167 g/mol. The molecule has 2 N–H and O–H groups in total. The third kappa shape index (κ3) is 1.39. The van der Waals surface area contributed by atoms with E-state index in [-0.39, 0.29) is 0 Å². The first kappa shape index (κ1) is 8.55. The second-order valence-electron chi connectivity index (χ2n) is 4.75. The lowest BCUT2D eigenvalue weighted by atomic mass is 9.74. The summed E-state index contributed by atoms with van der Waals surface area (Å²) in [4.78, 5) is 0. The van der Waals surface area contributed by atoms with Crippen LogP contribution in [0.2, 0.25) is 0 Å². The third-order valence-electron chi connectivity index (χ3n) is 4.15. The zero-order valence-corrected chi connectivity index (χ0v) is 8.13. The summed E-state index contributed by atoms with van der Waals surface area (Å²) < 4.78 is 0. The molecule has 4 atom stereocenters. The van der Waals surface area contributed by atoms with E-state index in [0.717, 1.165) is 17.8 Å². The van der Waals surface area contributed by atoms with E-state index < -0.39 is 0 Å². The van der Waals surface area contributed by atoms with Crippen molar-refractivity contribution >= 4 is 0 Å². The van der Waals surface area contributed by atoms with Crippen LogP contribution in [0, 0.1) is 17.8 Å². The smallest absolute Gasteiger partial charge is 0.00699 e. The van der Waals surface area contributed by atoms with Gasteiger partial charge in [0.2, 0.25) is 0 Å². The molecule has 0 aliphatic heterocycles. The van der Waals surface area contributed by atoms with Crippen molar-refractivity contribution in [3.63, 3.8) is 0 Å². The minimum Gasteiger partial charge on any atom is -0.327 e. The van der Waals surface area contributed by atoms with Crippen LogP contribution in [-0.2, 0) is 0 Å². The van der Waals surface area contributed by atoms with Gasteiger partial charge in [0.25, 0.3) is 0 Å². The summed E-state index contributed by atoms with van der Waals surface area (Å²) in [6.07, 6.45) is 8.46. The Morgan fingerprint density at radius 3 is 2.75 bits per heavy atom. The molecule has 2 aliphatic rings. The standard InChI is InChI=1S/C11H21N/c1-2-8-3-5-10-9(7-8)4-6-11(10)12/h8-11H,2-7,12H2,1H3. The van der Waals surface area contributed by atoms with Crippen molar-refractivity contribution in [1.29, 1.82) is 0 Å². The summed E-state index contributed by atoms with van der Waals surface area (Å²) in [5.41, 5.74) is 6.08. The van der Waals surface area contributed by atoms with Gasteiger partial charge in [-0.25, -0.2) is 0 Å². The predicted octanol–water partition coefficient (Wildman–Crippen LogP) is 2.55. The molecule has 0 bridgehead atoms. The second kappa shape index (κ2) is 3.37. The summed E-state index contributed by atoms with van der Waals surface area (Å²) in [7, 11) is 0. The van der Waals surface area contributed by atoms with Crippen LogP contribution in [0.3, 0.4) is 0 Å². The van der Waals surface area contributed by atoms with Crippen LogP contribution < -0.4 is 5.73 Å². The number of rotatable bonds is 1. The Balaban J connectivity index is 1.95. The van der Waals surface area contributed by atoms with Crippen LogP contribution in [0.5, 0.6) is 0 Å². The summed E-state index contributed by atoms with van der Waals surface area (Å²) >= 11 is 0. The van der Waals surface area contributed by atoms with Crippen molar-refractivity contribution in [3.05, 3.63) is 0 Å². The molecule has 0 amide bonds. The van der Waals surface area contributed by atoms with Crippen molar-refractivity contribution in [2.45, 2.75) is 51.5 Å². The highest BCUT2D eigenvalue weighted by Gasteiger charge is 2.37. The topological polar surface area (TPSA) is 26.0 Å². The first-order valence-electron chi connectivity index (χ1n) is 5.56. The molecule has 70 valence electrons. The molecule has 2 aliphatic carbocycles. The van der Waals surface area contributed by atoms with Crippen LogP contribution in [0.25, 0.3) is 0 Å². The Morgan fingerprint density at radius 2 is 2.00 bits per heavy atom. The molecule has 4 unspecified atom stereocenters. The Kier molecular flexibility index (Phi) is 2.40. The van der Waals surface area contributed by atoms with Crippen LogP contribution in [0.1, 0.15) is 45.4 Å². The maximum absolute atomic E-state index is 6.08. The van der Waals surface area contributed by atoms with Crippen LogP contribution in [-0.4, -0.2) is 6.04 Å². The van der Waals surface area contributed by atoms with E-state index in [1.165, 1.54) is 38.5 Å². The van der Waals surface area contributed by atoms with E-state index in [2.05, 4.69) is 6.92 Å². The summed E-state index contributed by atoms with van der Waals surface area (Å²) in [6.45, 7) is 2.33. The van der Waals surface area contributed by atoms with Gasteiger partial charge in [-0.1, -0.05) is 19.8 Å². The highest BCUT2D eigenvalue weighted by atomic mass is 14.7. The SMILES string of the molecule is CCC1CCC2C(N)CCC2C1. The number of fused-ring (bicyclic) bond motifs is 1. The third-order valence-corrected chi connectivity index (χ3v) is 4.15. The fraction of sp³-hybridized carbons (Fsp3) is 1.00. The molecule has 0 aromatic heterocycles. The molecule has 0 aromatic carbocycles. The molecule has 2 saturated carbocycles. The monoisotopic (exact) mass is 167 g/mol. The van der Waals surface area contributed by atoms with Gasteiger partial charge < -0.3 is 5.73 Å². The van der Waals surface area contributed by atoms with Crippen molar-refractivity contribution in [1.82, 2.24) is 0 Å². The lowest BCUT2D eigenvalue weighted by Crippen LogP contribution is -2.31. The van der Waals surface area contributed by atoms with Gasteiger partial charge in [0.05, 0.1) is 0 Å². The zero-order chi connectivity index (χ0) is 8.55. The molecule has 1 heteroatoms. The fourth-order valence-electron chi connectivity index (χ4n) is 3.27. The molecule has 0 saturated heterocycles. The van der Waals surface area contributed by atoms with Gasteiger partial charge >= 0.3 is 0 Å². The molecule has 0 heterocycles. The quantitative estimate of drug-likeness (QED) is 0.638. The summed E-state index contributed by atoms with van der Waals surface area (Å²) in [6, 6.07) is 0.549. The lowest BCUT2D eigenvalue weighted by molar-refractivity contribution is 0.194. The van der Waals surface area contributed by atoms with Gasteiger partial charge in [-0.3, -0.25) is 0 Å². The summed E-state index contributed by atoms with van der Waals surface area (Å²) in [5.74, 6) is 2.92. The zero-order valence-electron chi connectivity index (χ0n) is 8.13. The predicted molar refractivity (Wildman–Crippen MR) is 51.8 cm³/mol. The van der Waals surface area contributed by atoms with Gasteiger partial charge in [0.15, 0.2) is 0 Å². The van der Waals surface area contributed by atoms with E-state index in [9.17, 15) is 0 Å². The Labute approximate surface area is 75.7 Å². The van der Waals surface area contributed by atoms with Gasteiger partial charge in [0, 0.05) is 6.04 Å². The fourth-order valence-corrected chi connectivity index (χ4v) is 3.27. The number of hydrogen-bond donors (Lipinski definition) is 1. The van der Waals surface area contributed by atoms with E-state index in [0.29, 0.717) is 6.04 Å². The van der Waals surface area contributed by atoms with Gasteiger partial charge in [0.1, 0.15) is 0 Å². The largest absolute Gasteiger partial charge is 0.327 e. The minimum atomic E-state index is 0.549. The molecule has 0 spiro atoms. The molecule has 1 nitrogen and oxygen atoms in total. The highest BCUT2D eigenvalue weighted by Crippen LogP contribution is 2.44. The van der Waals surface area contributed by atoms with E-state index in [1.807, 2.05) is 0 Å². The van der Waals surface area contributed by atoms with Gasteiger partial charge in [-0.2, -0.15) is 0 Å². The Bertz CT molecular complexity index is 155. The van der Waals surface area contributed by atoms with E-state index >= 15 is 0 Å². The molecular weight excluding hydrogens is 146 g/mol. The Hall–Kier alpha value is -0.0400. The maximum Gasteiger partial charge on any atom is 0.00699 e. The van der Waals surface area contributed by atoms with Crippen molar-refractivity contribution in [2.24, 2.45) is 23.5 Å². The summed E-state index contributed by atoms with van der Waals surface area (Å²) in [5, 5.41) is 0. The number of nitrogens with two attached hydrogens (primary N) is 1. The van der Waals surface area contributed by atoms with Crippen LogP contribution >= 0.6 is 0 Å². The molecule has 0 aromatic rings. The Morgan fingerprint density at radius 1 is 1.17 bits per heavy atom. The second-order valence-corrected chi connectivity index (χ2v) is 4.75. The van der Waals surface area contributed by atoms with Crippen LogP contribution in [0.4, 0.5) is 0 Å². The first-order chi connectivity index (χ1) is 5.81. The normalized spacial score (nSPS) is 47.5. The van der Waals surface area contributed by atoms with E-state index in [4.69, 9.17) is 5.73 Å². The molecule has 2 rings (SSSR count). The van der Waals surface area contributed by atoms with E-state index in [1.54, 1.807) is 0 Å². The molecular formula is C11H21N. The van der Waals surface area contributed by atoms with Crippen molar-refractivity contribution in [3.8, 4) is 0 Å². The first-order valence-corrected chi connectivity index (χ1v) is 5.56.